The molecule has 0 N–H and O–H groups in total. The Kier molecular flexibility index (Phi) is 8.53. The van der Waals surface area contributed by atoms with Gasteiger partial charge in [0.1, 0.15) is 0 Å². The molecule has 9 aromatic rings. The van der Waals surface area contributed by atoms with E-state index in [4.69, 9.17) is 9.97 Å². The summed E-state index contributed by atoms with van der Waals surface area (Å²) >= 11 is 0. The highest BCUT2D eigenvalue weighted by atomic mass is 14.9. The van der Waals surface area contributed by atoms with Crippen LogP contribution in [0.1, 0.15) is 25.0 Å². The van der Waals surface area contributed by atoms with Gasteiger partial charge in [0.2, 0.25) is 0 Å². The fraction of sp³-hybridized carbons (Fsp3) is 0.0545. The van der Waals surface area contributed by atoms with Crippen molar-refractivity contribution in [3.05, 3.63) is 217 Å². The monoisotopic (exact) mass is 728 g/mol. The number of hydrogen-bond acceptors (Lipinski definition) is 2. The van der Waals surface area contributed by atoms with Crippen LogP contribution >= 0.6 is 0 Å². The van der Waals surface area contributed by atoms with Gasteiger partial charge in [-0.3, -0.25) is 0 Å². The van der Waals surface area contributed by atoms with Crippen molar-refractivity contribution < 1.29 is 0 Å². The van der Waals surface area contributed by atoms with Crippen LogP contribution in [0.15, 0.2) is 206 Å². The molecule has 1 aromatic heterocycles. The maximum atomic E-state index is 5.26. The standard InChI is InChI=1S/C55H40N2/c1-55(2)50-28-10-9-25-48(50)49-27-14-26-47(53(49)55)40-31-29-39(30-32-40)42-20-12-23-45(34-42)52-36-51(44-22-11-19-41(33-44)37-15-5-3-6-16-37)56-54(57-52)46-24-13-21-43(35-46)38-17-7-4-8-18-38/h3-36H,1-2H3. The third-order valence-corrected chi connectivity index (χ3v) is 11.5. The third-order valence-electron chi connectivity index (χ3n) is 11.5. The summed E-state index contributed by atoms with van der Waals surface area (Å²) < 4.78 is 0. The molecule has 1 heterocycles. The van der Waals surface area contributed by atoms with Crippen LogP contribution in [0.25, 0.3) is 89.5 Å². The van der Waals surface area contributed by atoms with Crippen LogP contribution in [0, 0.1) is 0 Å². The summed E-state index contributed by atoms with van der Waals surface area (Å²) in [5.74, 6) is 0.695. The zero-order valence-electron chi connectivity index (χ0n) is 32.0. The van der Waals surface area contributed by atoms with E-state index in [9.17, 15) is 0 Å². The molecule has 1 aliphatic rings. The highest BCUT2D eigenvalue weighted by Gasteiger charge is 2.37. The second kappa shape index (κ2) is 14.2. The summed E-state index contributed by atoms with van der Waals surface area (Å²) in [5, 5.41) is 0. The Balaban J connectivity index is 1.04. The molecule has 0 amide bonds. The van der Waals surface area contributed by atoms with Gasteiger partial charge in [0.15, 0.2) is 5.82 Å². The Bertz CT molecular complexity index is 2810. The normalized spacial score (nSPS) is 12.5. The van der Waals surface area contributed by atoms with E-state index >= 15 is 0 Å². The van der Waals surface area contributed by atoms with Gasteiger partial charge in [-0.05, 0) is 91.0 Å². The van der Waals surface area contributed by atoms with Crippen LogP contribution in [-0.4, -0.2) is 9.97 Å². The zero-order valence-corrected chi connectivity index (χ0v) is 32.0. The zero-order chi connectivity index (χ0) is 38.3. The lowest BCUT2D eigenvalue weighted by atomic mass is 9.79. The number of fused-ring (bicyclic) bond motifs is 3. The second-order valence-corrected chi connectivity index (χ2v) is 15.4. The average molecular weight is 729 g/mol. The summed E-state index contributed by atoms with van der Waals surface area (Å²) in [6.45, 7) is 4.70. The van der Waals surface area contributed by atoms with Crippen LogP contribution in [0.5, 0.6) is 0 Å². The van der Waals surface area contributed by atoms with Crippen molar-refractivity contribution in [2.24, 2.45) is 0 Å². The third kappa shape index (κ3) is 6.36. The van der Waals surface area contributed by atoms with Gasteiger partial charge in [-0.25, -0.2) is 9.97 Å². The van der Waals surface area contributed by atoms with E-state index in [0.29, 0.717) is 5.82 Å². The van der Waals surface area contributed by atoms with E-state index in [2.05, 4.69) is 214 Å². The molecule has 0 saturated heterocycles. The molecule has 8 aromatic carbocycles. The van der Waals surface area contributed by atoms with Crippen LogP contribution < -0.4 is 0 Å². The minimum Gasteiger partial charge on any atom is -0.228 e. The van der Waals surface area contributed by atoms with Crippen molar-refractivity contribution in [3.63, 3.8) is 0 Å². The maximum absolute atomic E-state index is 5.26. The number of benzene rings is 8. The molecule has 10 rings (SSSR count). The summed E-state index contributed by atoms with van der Waals surface area (Å²) in [6, 6.07) is 73.7. The van der Waals surface area contributed by atoms with Crippen LogP contribution in [0.4, 0.5) is 0 Å². The average Bonchev–Trinajstić information content (AvgIpc) is 3.53. The molecule has 1 aliphatic carbocycles. The number of hydrogen-bond donors (Lipinski definition) is 0. The molecule has 0 fully saturated rings. The molecule has 0 aliphatic heterocycles. The second-order valence-electron chi connectivity index (χ2n) is 15.4. The molecule has 0 radical (unpaired) electrons. The topological polar surface area (TPSA) is 25.8 Å². The number of aromatic nitrogens is 2. The van der Waals surface area contributed by atoms with Crippen molar-refractivity contribution in [3.8, 4) is 89.5 Å². The molecule has 2 nitrogen and oxygen atoms in total. The molecule has 2 heteroatoms. The van der Waals surface area contributed by atoms with E-state index in [1.807, 2.05) is 6.07 Å². The van der Waals surface area contributed by atoms with E-state index in [0.717, 1.165) is 55.9 Å². The van der Waals surface area contributed by atoms with E-state index < -0.39 is 0 Å². The molecular formula is C55H40N2. The Labute approximate surface area is 334 Å². The van der Waals surface area contributed by atoms with Gasteiger partial charge in [0.25, 0.3) is 0 Å². The minimum atomic E-state index is -0.0729. The lowest BCUT2D eigenvalue weighted by Crippen LogP contribution is -2.16. The fourth-order valence-corrected chi connectivity index (χ4v) is 8.62. The van der Waals surface area contributed by atoms with Crippen molar-refractivity contribution in [2.75, 3.05) is 0 Å². The van der Waals surface area contributed by atoms with E-state index in [-0.39, 0.29) is 5.41 Å². The van der Waals surface area contributed by atoms with Gasteiger partial charge in [0, 0.05) is 22.1 Å². The molecule has 0 bridgehead atoms. The predicted octanol–water partition coefficient (Wildman–Crippen LogP) is 14.5. The Morgan fingerprint density at radius 3 is 1.30 bits per heavy atom. The van der Waals surface area contributed by atoms with Crippen LogP contribution in [0.2, 0.25) is 0 Å². The largest absolute Gasteiger partial charge is 0.228 e. The molecule has 0 spiro atoms. The van der Waals surface area contributed by atoms with Crippen molar-refractivity contribution in [1.82, 2.24) is 9.97 Å². The Hall–Kier alpha value is -7.16. The highest BCUT2D eigenvalue weighted by Crippen LogP contribution is 2.52. The molecule has 0 unspecified atom stereocenters. The van der Waals surface area contributed by atoms with Gasteiger partial charge in [-0.2, -0.15) is 0 Å². The lowest BCUT2D eigenvalue weighted by molar-refractivity contribution is 0.662. The first kappa shape index (κ1) is 34.3. The smallest absolute Gasteiger partial charge is 0.160 e. The Morgan fingerprint density at radius 1 is 0.298 bits per heavy atom. The first-order valence-electron chi connectivity index (χ1n) is 19.6. The maximum Gasteiger partial charge on any atom is 0.160 e. The van der Waals surface area contributed by atoms with E-state index in [1.54, 1.807) is 0 Å². The minimum absolute atomic E-state index is 0.0729. The molecule has 270 valence electrons. The van der Waals surface area contributed by atoms with Crippen LogP contribution in [0.3, 0.4) is 0 Å². The van der Waals surface area contributed by atoms with Gasteiger partial charge >= 0.3 is 0 Å². The summed E-state index contributed by atoms with van der Waals surface area (Å²) in [4.78, 5) is 10.5. The van der Waals surface area contributed by atoms with Crippen molar-refractivity contribution in [2.45, 2.75) is 19.3 Å². The quantitative estimate of drug-likeness (QED) is 0.163. The predicted molar refractivity (Wildman–Crippen MR) is 238 cm³/mol. The van der Waals surface area contributed by atoms with Gasteiger partial charge in [-0.15, -0.1) is 0 Å². The van der Waals surface area contributed by atoms with Crippen molar-refractivity contribution in [1.29, 1.82) is 0 Å². The van der Waals surface area contributed by atoms with Crippen molar-refractivity contribution >= 4 is 0 Å². The summed E-state index contributed by atoms with van der Waals surface area (Å²) in [7, 11) is 0. The highest BCUT2D eigenvalue weighted by molar-refractivity contribution is 5.89. The Morgan fingerprint density at radius 2 is 0.702 bits per heavy atom. The summed E-state index contributed by atoms with van der Waals surface area (Å²) in [6.07, 6.45) is 0. The SMILES string of the molecule is CC1(C)c2ccccc2-c2cccc(-c3ccc(-c4cccc(-c5cc(-c6cccc(-c7ccccc7)c6)nc(-c6cccc(-c7ccccc7)c6)n5)c4)cc3)c21. The first-order chi connectivity index (χ1) is 28.0. The van der Waals surface area contributed by atoms with E-state index in [1.165, 1.54) is 38.9 Å². The first-order valence-corrected chi connectivity index (χ1v) is 19.6. The number of rotatable bonds is 7. The summed E-state index contributed by atoms with van der Waals surface area (Å²) in [5.41, 5.74) is 19.7. The molecule has 0 saturated carbocycles. The van der Waals surface area contributed by atoms with Gasteiger partial charge in [-0.1, -0.05) is 196 Å². The lowest BCUT2D eigenvalue weighted by Gasteiger charge is -2.24. The van der Waals surface area contributed by atoms with Crippen LogP contribution in [-0.2, 0) is 5.41 Å². The fourth-order valence-electron chi connectivity index (χ4n) is 8.62. The molecule has 0 atom stereocenters. The molecular weight excluding hydrogens is 689 g/mol. The van der Waals surface area contributed by atoms with Gasteiger partial charge < -0.3 is 0 Å². The number of nitrogens with zero attached hydrogens (tertiary/aromatic N) is 2. The van der Waals surface area contributed by atoms with Gasteiger partial charge in [0.05, 0.1) is 11.4 Å². The molecule has 57 heavy (non-hydrogen) atoms.